The summed E-state index contributed by atoms with van der Waals surface area (Å²) in [5.74, 6) is -0.868. The van der Waals surface area contributed by atoms with Crippen LogP contribution in [0.3, 0.4) is 0 Å². The third kappa shape index (κ3) is 2.26. The zero-order valence-electron chi connectivity index (χ0n) is 4.36. The van der Waals surface area contributed by atoms with Gasteiger partial charge in [-0.05, 0) is 6.42 Å². The Hall–Kier alpha value is -0.120. The van der Waals surface area contributed by atoms with E-state index < -0.39 is 10.8 Å². The molecule has 4 heteroatoms. The van der Waals surface area contributed by atoms with Crippen LogP contribution in [-0.4, -0.2) is 10.8 Å². The van der Waals surface area contributed by atoms with Crippen molar-refractivity contribution in [1.82, 2.24) is 0 Å². The third-order valence-corrected chi connectivity index (χ3v) is 1.71. The lowest BCUT2D eigenvalue weighted by atomic mass is 10.3. The lowest BCUT2D eigenvalue weighted by Crippen LogP contribution is -2.11. The second-order valence-corrected chi connectivity index (χ2v) is 2.38. The Bertz CT molecular complexity index is 86.1. The van der Waals surface area contributed by atoms with Crippen LogP contribution in [-0.2, 0) is 9.74 Å². The third-order valence-electron chi connectivity index (χ3n) is 0.690. The minimum atomic E-state index is -0.868. The monoisotopic (exact) mass is 184 g/mol. The van der Waals surface area contributed by atoms with Gasteiger partial charge in [0.1, 0.15) is 4.83 Å². The summed E-state index contributed by atoms with van der Waals surface area (Å²) in [6.07, 6.45) is 0.531. The predicted octanol–water partition coefficient (Wildman–Crippen LogP) is 1.59. The van der Waals surface area contributed by atoms with E-state index in [2.05, 4.69) is 20.9 Å². The summed E-state index contributed by atoms with van der Waals surface area (Å²) in [6, 6.07) is 0. The van der Waals surface area contributed by atoms with Crippen molar-refractivity contribution < 1.29 is 14.3 Å². The maximum absolute atomic E-state index is 10.9. The van der Waals surface area contributed by atoms with E-state index in [1.54, 1.807) is 6.92 Å². The van der Waals surface area contributed by atoms with E-state index in [-0.39, 0.29) is 0 Å². The molecular formula is C4H6BrFO2. The molecule has 8 heavy (non-hydrogen) atoms. The molecule has 1 unspecified atom stereocenters. The van der Waals surface area contributed by atoms with Gasteiger partial charge in [-0.15, -0.1) is 0 Å². The number of carbonyl (C=O) groups excluding carboxylic acids is 1. The summed E-state index contributed by atoms with van der Waals surface area (Å²) in [5, 5.41) is 0. The Morgan fingerprint density at radius 2 is 2.50 bits per heavy atom. The average molecular weight is 185 g/mol. The smallest absolute Gasteiger partial charge is 0.254 e. The number of halogens is 2. The largest absolute Gasteiger partial charge is 0.362 e. The van der Waals surface area contributed by atoms with E-state index in [1.807, 2.05) is 0 Å². The Morgan fingerprint density at radius 3 is 2.62 bits per heavy atom. The molecule has 1 atom stereocenters. The van der Waals surface area contributed by atoms with Gasteiger partial charge in [-0.1, -0.05) is 22.9 Å². The van der Waals surface area contributed by atoms with Crippen LogP contribution in [0.15, 0.2) is 0 Å². The summed E-state index contributed by atoms with van der Waals surface area (Å²) in [4.78, 5) is 12.5. The van der Waals surface area contributed by atoms with E-state index in [1.165, 1.54) is 0 Å². The molecule has 0 aromatic heterocycles. The van der Waals surface area contributed by atoms with Crippen molar-refractivity contribution in [1.29, 1.82) is 0 Å². The minimum Gasteiger partial charge on any atom is -0.254 e. The molecule has 0 aliphatic rings. The van der Waals surface area contributed by atoms with E-state index in [0.717, 1.165) is 0 Å². The Labute approximate surface area is 55.0 Å². The summed E-state index contributed by atoms with van der Waals surface area (Å²) in [7, 11) is 0. The molecule has 0 saturated carbocycles. The van der Waals surface area contributed by atoms with Gasteiger partial charge in [0.2, 0.25) is 0 Å². The van der Waals surface area contributed by atoms with Gasteiger partial charge in [-0.25, -0.2) is 4.79 Å². The van der Waals surface area contributed by atoms with Gasteiger partial charge < -0.3 is 0 Å². The van der Waals surface area contributed by atoms with Crippen molar-refractivity contribution in [3.8, 4) is 0 Å². The molecule has 0 saturated heterocycles. The number of carbonyl (C=O) groups is 1. The van der Waals surface area contributed by atoms with Crippen LogP contribution >= 0.6 is 15.9 Å². The van der Waals surface area contributed by atoms with E-state index in [4.69, 9.17) is 0 Å². The van der Waals surface area contributed by atoms with Crippen molar-refractivity contribution in [2.45, 2.75) is 18.2 Å². The van der Waals surface area contributed by atoms with Gasteiger partial charge >= 0.3 is 5.97 Å². The predicted molar refractivity (Wildman–Crippen MR) is 30.2 cm³/mol. The quantitative estimate of drug-likeness (QED) is 0.610. The first kappa shape index (κ1) is 7.88. The molecule has 0 radical (unpaired) electrons. The number of hydrogen-bond acceptors (Lipinski definition) is 2. The molecule has 2 nitrogen and oxygen atoms in total. The van der Waals surface area contributed by atoms with Crippen molar-refractivity contribution in [2.24, 2.45) is 0 Å². The molecule has 0 rings (SSSR count). The fraction of sp³-hybridized carbons (Fsp3) is 0.750. The summed E-state index contributed by atoms with van der Waals surface area (Å²) >= 11 is 2.89. The van der Waals surface area contributed by atoms with Gasteiger partial charge in [0.15, 0.2) is 0 Å². The van der Waals surface area contributed by atoms with Crippen molar-refractivity contribution in [3.63, 3.8) is 0 Å². The first-order chi connectivity index (χ1) is 3.72. The SMILES string of the molecule is CCC(Br)C(=O)OF. The van der Waals surface area contributed by atoms with Crippen LogP contribution in [0.1, 0.15) is 13.3 Å². The maximum atomic E-state index is 10.9. The Balaban J connectivity index is 3.46. The summed E-state index contributed by atoms with van der Waals surface area (Å²) in [6.45, 7) is 1.75. The van der Waals surface area contributed by atoms with Crippen LogP contribution in [0.5, 0.6) is 0 Å². The first-order valence-electron chi connectivity index (χ1n) is 2.18. The molecule has 0 bridgehead atoms. The van der Waals surface area contributed by atoms with Crippen LogP contribution in [0, 0.1) is 0 Å². The van der Waals surface area contributed by atoms with Crippen LogP contribution in [0.2, 0.25) is 0 Å². The molecule has 0 aromatic carbocycles. The summed E-state index contributed by atoms with van der Waals surface area (Å²) in [5.41, 5.74) is 0. The van der Waals surface area contributed by atoms with Crippen molar-refractivity contribution in [2.75, 3.05) is 0 Å². The van der Waals surface area contributed by atoms with Gasteiger partial charge in [-0.3, -0.25) is 4.94 Å². The first-order valence-corrected chi connectivity index (χ1v) is 3.10. The highest BCUT2D eigenvalue weighted by molar-refractivity contribution is 9.10. The number of alkyl halides is 1. The van der Waals surface area contributed by atoms with Gasteiger partial charge in [0, 0.05) is 4.53 Å². The Morgan fingerprint density at radius 1 is 2.00 bits per heavy atom. The standard InChI is InChI=1S/C4H6BrFO2/c1-2-3(5)4(7)8-6/h3H,2H2,1H3. The maximum Gasteiger partial charge on any atom is 0.362 e. The van der Waals surface area contributed by atoms with Gasteiger partial charge in [-0.2, -0.15) is 0 Å². The second-order valence-electron chi connectivity index (χ2n) is 1.27. The fourth-order valence-electron chi connectivity index (χ4n) is 0.215. The number of hydrogen-bond donors (Lipinski definition) is 0. The second kappa shape index (κ2) is 3.83. The van der Waals surface area contributed by atoms with Gasteiger partial charge in [0.05, 0.1) is 0 Å². The molecule has 0 spiro atoms. The molecule has 0 heterocycles. The molecule has 0 amide bonds. The highest BCUT2D eigenvalue weighted by Crippen LogP contribution is 2.05. The van der Waals surface area contributed by atoms with E-state index in [9.17, 15) is 9.32 Å². The Kier molecular flexibility index (Phi) is 3.77. The van der Waals surface area contributed by atoms with Crippen molar-refractivity contribution >= 4 is 21.9 Å². The molecule has 0 aliphatic heterocycles. The molecule has 0 aliphatic carbocycles. The normalized spacial score (nSPS) is 12.9. The number of rotatable bonds is 2. The average Bonchev–Trinajstić information content (AvgIpc) is 1.84. The van der Waals surface area contributed by atoms with E-state index in [0.29, 0.717) is 6.42 Å². The highest BCUT2D eigenvalue weighted by atomic mass is 79.9. The highest BCUT2D eigenvalue weighted by Gasteiger charge is 2.13. The molecule has 0 fully saturated rings. The van der Waals surface area contributed by atoms with Crippen LogP contribution in [0.25, 0.3) is 0 Å². The lowest BCUT2D eigenvalue weighted by molar-refractivity contribution is -0.182. The zero-order valence-corrected chi connectivity index (χ0v) is 5.94. The lowest BCUT2D eigenvalue weighted by Gasteiger charge is -1.96. The molecule has 48 valence electrons. The summed E-state index contributed by atoms with van der Waals surface area (Å²) < 4.78 is 10.9. The fourth-order valence-corrected chi connectivity index (χ4v) is 0.286. The van der Waals surface area contributed by atoms with Crippen molar-refractivity contribution in [3.05, 3.63) is 0 Å². The zero-order chi connectivity index (χ0) is 6.57. The van der Waals surface area contributed by atoms with Crippen LogP contribution in [0.4, 0.5) is 4.53 Å². The van der Waals surface area contributed by atoms with Crippen LogP contribution < -0.4 is 0 Å². The topological polar surface area (TPSA) is 26.3 Å². The molecule has 0 aromatic rings. The minimum absolute atomic E-state index is 0.507. The van der Waals surface area contributed by atoms with E-state index >= 15 is 0 Å². The molecular weight excluding hydrogens is 179 g/mol. The van der Waals surface area contributed by atoms with Gasteiger partial charge in [0.25, 0.3) is 0 Å². The molecule has 0 N–H and O–H groups in total.